The zero-order valence-corrected chi connectivity index (χ0v) is 8.90. The summed E-state index contributed by atoms with van der Waals surface area (Å²) in [6.45, 7) is 1.83. The van der Waals surface area contributed by atoms with Crippen LogP contribution in [0.2, 0.25) is 5.15 Å². The quantitative estimate of drug-likeness (QED) is 0.729. The van der Waals surface area contributed by atoms with Crippen LogP contribution in [0.1, 0.15) is 5.69 Å². The molecule has 4 heteroatoms. The number of aryl methyl sites for hydroxylation is 1. The first-order valence-corrected chi connectivity index (χ1v) is 4.85. The monoisotopic (exact) mass is 220 g/mol. The number of nitrogens with zero attached hydrogens (tertiary/aromatic N) is 2. The lowest BCUT2D eigenvalue weighted by Gasteiger charge is -2.08. The molecule has 0 aliphatic carbocycles. The molecule has 0 aliphatic rings. The fourth-order valence-electron chi connectivity index (χ4n) is 1.16. The molecule has 0 radical (unpaired) electrons. The Labute approximate surface area is 92.7 Å². The topological polar surface area (TPSA) is 35.0 Å². The van der Waals surface area contributed by atoms with Crippen LogP contribution in [-0.4, -0.2) is 9.97 Å². The highest BCUT2D eigenvalue weighted by Crippen LogP contribution is 2.29. The molecule has 0 amide bonds. The van der Waals surface area contributed by atoms with Crippen LogP contribution >= 0.6 is 11.6 Å². The number of aromatic nitrogens is 2. The molecule has 0 unspecified atom stereocenters. The molecule has 3 nitrogen and oxygen atoms in total. The highest BCUT2D eigenvalue weighted by Gasteiger charge is 2.08. The van der Waals surface area contributed by atoms with Gasteiger partial charge in [-0.1, -0.05) is 29.8 Å². The summed E-state index contributed by atoms with van der Waals surface area (Å²) in [5.41, 5.74) is 0.721. The van der Waals surface area contributed by atoms with E-state index in [1.807, 2.05) is 37.3 Å². The van der Waals surface area contributed by atoms with Crippen LogP contribution in [0.5, 0.6) is 11.5 Å². The van der Waals surface area contributed by atoms with E-state index in [0.29, 0.717) is 10.9 Å². The Morgan fingerprint density at radius 2 is 1.87 bits per heavy atom. The van der Waals surface area contributed by atoms with Gasteiger partial charge < -0.3 is 4.74 Å². The van der Waals surface area contributed by atoms with Gasteiger partial charge in [-0.2, -0.15) is 0 Å². The van der Waals surface area contributed by atoms with Gasteiger partial charge in [0.05, 0.1) is 5.69 Å². The second-order valence-corrected chi connectivity index (χ2v) is 3.35. The molecule has 0 atom stereocenters. The van der Waals surface area contributed by atoms with E-state index >= 15 is 0 Å². The Kier molecular flexibility index (Phi) is 2.83. The average Bonchev–Trinajstić information content (AvgIpc) is 2.25. The maximum atomic E-state index is 5.90. The number of hydrogen-bond donors (Lipinski definition) is 0. The zero-order chi connectivity index (χ0) is 10.7. The van der Waals surface area contributed by atoms with E-state index in [9.17, 15) is 0 Å². The number of halogens is 1. The molecule has 2 aromatic rings. The highest BCUT2D eigenvalue weighted by molar-refractivity contribution is 6.30. The molecule has 0 spiro atoms. The highest BCUT2D eigenvalue weighted by atomic mass is 35.5. The fraction of sp³-hybridized carbons (Fsp3) is 0.0909. The third kappa shape index (κ3) is 2.25. The van der Waals surface area contributed by atoms with Gasteiger partial charge in [0, 0.05) is 0 Å². The fourth-order valence-corrected chi connectivity index (χ4v) is 1.37. The minimum absolute atomic E-state index is 0.325. The van der Waals surface area contributed by atoms with E-state index in [1.165, 1.54) is 6.33 Å². The van der Waals surface area contributed by atoms with E-state index in [2.05, 4.69) is 9.97 Å². The number of hydrogen-bond acceptors (Lipinski definition) is 3. The van der Waals surface area contributed by atoms with Crippen molar-refractivity contribution in [2.75, 3.05) is 0 Å². The van der Waals surface area contributed by atoms with Crippen LogP contribution in [0, 0.1) is 6.92 Å². The summed E-state index contributed by atoms with van der Waals surface area (Å²) in [6.07, 6.45) is 1.41. The van der Waals surface area contributed by atoms with E-state index in [4.69, 9.17) is 16.3 Å². The second-order valence-electron chi connectivity index (χ2n) is 2.99. The molecule has 0 bridgehead atoms. The Morgan fingerprint density at radius 1 is 1.13 bits per heavy atom. The number of rotatable bonds is 2. The first-order valence-electron chi connectivity index (χ1n) is 4.47. The molecule has 15 heavy (non-hydrogen) atoms. The third-order valence-corrected chi connectivity index (χ3v) is 2.17. The largest absolute Gasteiger partial charge is 0.452 e. The van der Waals surface area contributed by atoms with Gasteiger partial charge in [0.15, 0.2) is 10.9 Å². The summed E-state index contributed by atoms with van der Waals surface area (Å²) in [5, 5.41) is 0.325. The second kappa shape index (κ2) is 4.28. The molecular formula is C11H9ClN2O. The lowest BCUT2D eigenvalue weighted by Crippen LogP contribution is -1.93. The molecular weight excluding hydrogens is 212 g/mol. The summed E-state index contributed by atoms with van der Waals surface area (Å²) in [5.74, 6) is 1.22. The van der Waals surface area contributed by atoms with Gasteiger partial charge >= 0.3 is 0 Å². The van der Waals surface area contributed by atoms with Crippen LogP contribution in [0.15, 0.2) is 36.7 Å². The van der Waals surface area contributed by atoms with Crippen molar-refractivity contribution < 1.29 is 4.74 Å². The van der Waals surface area contributed by atoms with Gasteiger partial charge in [-0.3, -0.25) is 0 Å². The van der Waals surface area contributed by atoms with Crippen molar-refractivity contribution in [1.29, 1.82) is 0 Å². The van der Waals surface area contributed by atoms with Crippen molar-refractivity contribution in [3.8, 4) is 11.5 Å². The third-order valence-electron chi connectivity index (χ3n) is 1.90. The van der Waals surface area contributed by atoms with E-state index in [-0.39, 0.29) is 0 Å². The summed E-state index contributed by atoms with van der Waals surface area (Å²) in [4.78, 5) is 7.88. The van der Waals surface area contributed by atoms with E-state index in [1.54, 1.807) is 0 Å². The normalized spacial score (nSPS) is 10.0. The Bertz CT molecular complexity index is 439. The van der Waals surface area contributed by atoms with Crippen LogP contribution in [0.4, 0.5) is 0 Å². The Morgan fingerprint density at radius 3 is 2.53 bits per heavy atom. The zero-order valence-electron chi connectivity index (χ0n) is 8.14. The molecule has 2 rings (SSSR count). The van der Waals surface area contributed by atoms with Crippen LogP contribution < -0.4 is 4.74 Å². The molecule has 1 aromatic heterocycles. The summed E-state index contributed by atoms with van der Waals surface area (Å²) < 4.78 is 5.58. The standard InChI is InChI=1S/C11H9ClN2O/c1-8-10(11(12)14-7-13-8)15-9-5-3-2-4-6-9/h2-7H,1H3. The molecule has 1 aromatic carbocycles. The molecule has 1 heterocycles. The molecule has 0 fully saturated rings. The molecule has 0 N–H and O–H groups in total. The Balaban J connectivity index is 2.32. The van der Waals surface area contributed by atoms with Crippen LogP contribution in [0.25, 0.3) is 0 Å². The molecule has 0 saturated heterocycles. The summed E-state index contributed by atoms with van der Waals surface area (Å²) in [7, 11) is 0. The minimum Gasteiger partial charge on any atom is -0.452 e. The van der Waals surface area contributed by atoms with Crippen molar-refractivity contribution in [3.63, 3.8) is 0 Å². The smallest absolute Gasteiger partial charge is 0.185 e. The van der Waals surface area contributed by atoms with Crippen molar-refractivity contribution in [2.45, 2.75) is 6.92 Å². The average molecular weight is 221 g/mol. The maximum Gasteiger partial charge on any atom is 0.185 e. The van der Waals surface area contributed by atoms with Gasteiger partial charge in [-0.05, 0) is 19.1 Å². The van der Waals surface area contributed by atoms with Gasteiger partial charge in [0.25, 0.3) is 0 Å². The first kappa shape index (κ1) is 9.93. The number of benzene rings is 1. The van der Waals surface area contributed by atoms with Gasteiger partial charge in [-0.15, -0.1) is 0 Å². The summed E-state index contributed by atoms with van der Waals surface area (Å²) >= 11 is 5.90. The Hall–Kier alpha value is -1.61. The van der Waals surface area contributed by atoms with Crippen LogP contribution in [0.3, 0.4) is 0 Å². The first-order chi connectivity index (χ1) is 7.27. The van der Waals surface area contributed by atoms with E-state index < -0.39 is 0 Å². The lowest BCUT2D eigenvalue weighted by molar-refractivity contribution is 0.473. The lowest BCUT2D eigenvalue weighted by atomic mass is 10.3. The minimum atomic E-state index is 0.325. The van der Waals surface area contributed by atoms with Gasteiger partial charge in [0.1, 0.15) is 12.1 Å². The maximum absolute atomic E-state index is 5.90. The van der Waals surface area contributed by atoms with Crippen molar-refractivity contribution >= 4 is 11.6 Å². The number of para-hydroxylation sites is 1. The van der Waals surface area contributed by atoms with E-state index in [0.717, 1.165) is 11.4 Å². The van der Waals surface area contributed by atoms with Gasteiger partial charge in [-0.25, -0.2) is 9.97 Å². The van der Waals surface area contributed by atoms with Crippen molar-refractivity contribution in [3.05, 3.63) is 47.5 Å². The van der Waals surface area contributed by atoms with Crippen molar-refractivity contribution in [1.82, 2.24) is 9.97 Å². The molecule has 0 aliphatic heterocycles. The summed E-state index contributed by atoms with van der Waals surface area (Å²) in [6, 6.07) is 9.40. The SMILES string of the molecule is Cc1ncnc(Cl)c1Oc1ccccc1. The molecule has 76 valence electrons. The van der Waals surface area contributed by atoms with Gasteiger partial charge in [0.2, 0.25) is 0 Å². The predicted molar refractivity (Wildman–Crippen MR) is 58.3 cm³/mol. The number of ether oxygens (including phenoxy) is 1. The predicted octanol–water partition coefficient (Wildman–Crippen LogP) is 3.23. The van der Waals surface area contributed by atoms with Crippen LogP contribution in [-0.2, 0) is 0 Å². The van der Waals surface area contributed by atoms with Crippen molar-refractivity contribution in [2.24, 2.45) is 0 Å². The molecule has 0 saturated carbocycles.